The fourth-order valence-electron chi connectivity index (χ4n) is 1.87. The molecule has 1 aromatic rings. The lowest BCUT2D eigenvalue weighted by Gasteiger charge is -1.98. The Balaban J connectivity index is 0.00000102. The standard InChI is InChI=1S/C17H17Br.C2H6.CH2O/c1-14-5-2-6-15(12-11-14)7-3-8-16-9-4-10-17(18)13-16;2*1-2/h2-7,9-11,13H,8,12H2,1H3;1-2H3;1H2/b7-3+;;. The van der Waals surface area contributed by atoms with Gasteiger partial charge in [0.25, 0.3) is 0 Å². The van der Waals surface area contributed by atoms with Gasteiger partial charge in [-0.3, -0.25) is 0 Å². The zero-order valence-corrected chi connectivity index (χ0v) is 15.3. The predicted octanol–water partition coefficient (Wildman–Crippen LogP) is 6.22. The minimum Gasteiger partial charge on any atom is -0.307 e. The molecule has 1 aromatic carbocycles. The van der Waals surface area contributed by atoms with E-state index >= 15 is 0 Å². The molecule has 0 atom stereocenters. The van der Waals surface area contributed by atoms with Gasteiger partial charge in [0.05, 0.1) is 0 Å². The topological polar surface area (TPSA) is 17.1 Å². The molecule has 0 N–H and O–H groups in total. The molecule has 0 saturated carbocycles. The quantitative estimate of drug-likeness (QED) is 0.624. The van der Waals surface area contributed by atoms with E-state index in [0.717, 1.165) is 17.3 Å². The third kappa shape index (κ3) is 8.58. The lowest BCUT2D eigenvalue weighted by Crippen LogP contribution is -1.81. The van der Waals surface area contributed by atoms with Crippen molar-refractivity contribution < 1.29 is 4.79 Å². The highest BCUT2D eigenvalue weighted by Crippen LogP contribution is 2.15. The van der Waals surface area contributed by atoms with Crippen LogP contribution in [0.5, 0.6) is 0 Å². The van der Waals surface area contributed by atoms with Gasteiger partial charge in [-0.2, -0.15) is 0 Å². The molecule has 2 heteroatoms. The van der Waals surface area contributed by atoms with E-state index in [2.05, 4.69) is 83.6 Å². The fraction of sp³-hybridized carbons (Fsp3) is 0.250. The Morgan fingerprint density at radius 2 is 2.00 bits per heavy atom. The molecule has 1 aliphatic rings. The molecular weight excluding hydrogens is 336 g/mol. The Morgan fingerprint density at radius 3 is 2.68 bits per heavy atom. The number of rotatable bonds is 3. The molecule has 0 aliphatic heterocycles. The summed E-state index contributed by atoms with van der Waals surface area (Å²) in [5.74, 6) is 0. The van der Waals surface area contributed by atoms with Crippen molar-refractivity contribution >= 4 is 22.7 Å². The van der Waals surface area contributed by atoms with Crippen LogP contribution < -0.4 is 0 Å². The lowest BCUT2D eigenvalue weighted by molar-refractivity contribution is -0.0979. The van der Waals surface area contributed by atoms with Gasteiger partial charge in [0.1, 0.15) is 6.79 Å². The summed E-state index contributed by atoms with van der Waals surface area (Å²) in [5, 5.41) is 0. The van der Waals surface area contributed by atoms with E-state index in [9.17, 15) is 0 Å². The average molecular weight is 361 g/mol. The second-order valence-corrected chi connectivity index (χ2v) is 5.41. The first-order valence-electron chi connectivity index (χ1n) is 7.48. The van der Waals surface area contributed by atoms with Crippen LogP contribution in [0.2, 0.25) is 0 Å². The van der Waals surface area contributed by atoms with Crippen molar-refractivity contribution in [3.63, 3.8) is 0 Å². The van der Waals surface area contributed by atoms with Gasteiger partial charge in [-0.25, -0.2) is 0 Å². The van der Waals surface area contributed by atoms with Crippen LogP contribution in [0.3, 0.4) is 0 Å². The van der Waals surface area contributed by atoms with Gasteiger partial charge in [-0.15, -0.1) is 0 Å². The molecule has 0 saturated heterocycles. The Bertz CT molecular complexity index is 548. The SMILES string of the molecule is C=O.CC.CC1=CCC(/C=C/Cc2cccc(Br)c2)=CC=C1. The molecule has 22 heavy (non-hydrogen) atoms. The highest BCUT2D eigenvalue weighted by atomic mass is 79.9. The van der Waals surface area contributed by atoms with Crippen LogP contribution in [0.1, 0.15) is 32.8 Å². The summed E-state index contributed by atoms with van der Waals surface area (Å²) < 4.78 is 1.14. The number of benzene rings is 1. The van der Waals surface area contributed by atoms with E-state index in [4.69, 9.17) is 4.79 Å². The molecule has 0 fully saturated rings. The number of carbonyl (C=O) groups is 1. The second-order valence-electron chi connectivity index (χ2n) is 4.49. The van der Waals surface area contributed by atoms with Gasteiger partial charge < -0.3 is 4.79 Å². The van der Waals surface area contributed by atoms with Crippen LogP contribution in [-0.2, 0) is 11.2 Å². The summed E-state index contributed by atoms with van der Waals surface area (Å²) in [5.41, 5.74) is 4.02. The normalized spacial score (nSPS) is 13.1. The van der Waals surface area contributed by atoms with Crippen LogP contribution in [0.15, 0.2) is 76.3 Å². The summed E-state index contributed by atoms with van der Waals surface area (Å²) in [6.45, 7) is 8.14. The maximum absolute atomic E-state index is 8.00. The van der Waals surface area contributed by atoms with Crippen molar-refractivity contribution in [2.75, 3.05) is 0 Å². The highest BCUT2D eigenvalue weighted by Gasteiger charge is 1.94. The van der Waals surface area contributed by atoms with Crippen LogP contribution >= 0.6 is 15.9 Å². The van der Waals surface area contributed by atoms with E-state index < -0.39 is 0 Å². The number of hydrogen-bond donors (Lipinski definition) is 0. The van der Waals surface area contributed by atoms with Crippen molar-refractivity contribution in [1.82, 2.24) is 0 Å². The summed E-state index contributed by atoms with van der Waals surface area (Å²) >= 11 is 3.50. The van der Waals surface area contributed by atoms with Crippen LogP contribution in [0.25, 0.3) is 0 Å². The fourth-order valence-corrected chi connectivity index (χ4v) is 2.32. The summed E-state index contributed by atoms with van der Waals surface area (Å²) in [6.07, 6.45) is 15.2. The number of halogens is 1. The number of carbonyl (C=O) groups excluding carboxylic acids is 1. The molecule has 0 heterocycles. The van der Waals surface area contributed by atoms with Crippen molar-refractivity contribution in [1.29, 1.82) is 0 Å². The monoisotopic (exact) mass is 360 g/mol. The van der Waals surface area contributed by atoms with E-state index in [1.54, 1.807) is 0 Å². The van der Waals surface area contributed by atoms with Crippen molar-refractivity contribution in [2.45, 2.75) is 33.6 Å². The third-order valence-electron chi connectivity index (χ3n) is 2.90. The Morgan fingerprint density at radius 1 is 1.27 bits per heavy atom. The zero-order valence-electron chi connectivity index (χ0n) is 13.7. The van der Waals surface area contributed by atoms with Crippen molar-refractivity contribution in [2.24, 2.45) is 0 Å². The second kappa shape index (κ2) is 13.0. The summed E-state index contributed by atoms with van der Waals surface area (Å²) in [4.78, 5) is 8.00. The number of allylic oxidation sites excluding steroid dienone is 8. The summed E-state index contributed by atoms with van der Waals surface area (Å²) in [6, 6.07) is 8.45. The van der Waals surface area contributed by atoms with E-state index in [1.165, 1.54) is 16.7 Å². The van der Waals surface area contributed by atoms with Crippen molar-refractivity contribution in [3.05, 3.63) is 81.9 Å². The molecule has 118 valence electrons. The highest BCUT2D eigenvalue weighted by molar-refractivity contribution is 9.10. The smallest absolute Gasteiger partial charge is 0.106 e. The number of hydrogen-bond acceptors (Lipinski definition) is 1. The van der Waals surface area contributed by atoms with E-state index in [1.807, 2.05) is 20.6 Å². The Labute approximate surface area is 143 Å². The van der Waals surface area contributed by atoms with Crippen LogP contribution in [-0.4, -0.2) is 6.79 Å². The molecule has 1 aliphatic carbocycles. The van der Waals surface area contributed by atoms with E-state index in [-0.39, 0.29) is 0 Å². The van der Waals surface area contributed by atoms with Crippen LogP contribution in [0, 0.1) is 0 Å². The first-order chi connectivity index (χ1) is 10.7. The van der Waals surface area contributed by atoms with Crippen LogP contribution in [0.4, 0.5) is 0 Å². The molecular formula is C20H25BrO. The maximum Gasteiger partial charge on any atom is 0.106 e. The largest absolute Gasteiger partial charge is 0.307 e. The first kappa shape index (κ1) is 20.3. The van der Waals surface area contributed by atoms with Gasteiger partial charge in [-0.1, -0.05) is 83.9 Å². The first-order valence-corrected chi connectivity index (χ1v) is 8.27. The zero-order chi connectivity index (χ0) is 16.8. The third-order valence-corrected chi connectivity index (χ3v) is 3.40. The Kier molecular flexibility index (Phi) is 12.0. The van der Waals surface area contributed by atoms with Gasteiger partial charge in [0.2, 0.25) is 0 Å². The molecule has 0 amide bonds. The molecule has 0 aromatic heterocycles. The Hall–Kier alpha value is -1.67. The van der Waals surface area contributed by atoms with Gasteiger partial charge >= 0.3 is 0 Å². The van der Waals surface area contributed by atoms with E-state index in [0.29, 0.717) is 0 Å². The molecule has 1 nitrogen and oxygen atoms in total. The average Bonchev–Trinajstić information content (AvgIpc) is 2.76. The summed E-state index contributed by atoms with van der Waals surface area (Å²) in [7, 11) is 0. The molecule has 0 spiro atoms. The molecule has 2 rings (SSSR count). The van der Waals surface area contributed by atoms with Crippen molar-refractivity contribution in [3.8, 4) is 0 Å². The van der Waals surface area contributed by atoms with Gasteiger partial charge in [0.15, 0.2) is 0 Å². The molecule has 0 unspecified atom stereocenters. The minimum atomic E-state index is 0.975. The predicted molar refractivity (Wildman–Crippen MR) is 101 cm³/mol. The molecule has 0 radical (unpaired) electrons. The lowest BCUT2D eigenvalue weighted by atomic mass is 10.1. The molecule has 0 bridgehead atoms. The maximum atomic E-state index is 8.00. The van der Waals surface area contributed by atoms with Gasteiger partial charge in [0, 0.05) is 4.47 Å². The minimum absolute atomic E-state index is 0.975. The van der Waals surface area contributed by atoms with Gasteiger partial charge in [-0.05, 0) is 43.0 Å².